The number of hydrogen-bond donors (Lipinski definition) is 0. The third-order valence-corrected chi connectivity index (χ3v) is 6.46. The number of imide groups is 1. The predicted molar refractivity (Wildman–Crippen MR) is 123 cm³/mol. The van der Waals surface area contributed by atoms with Crippen LogP contribution in [-0.4, -0.2) is 54.0 Å². The van der Waals surface area contributed by atoms with Gasteiger partial charge in [-0.3, -0.25) is 14.4 Å². The average Bonchev–Trinajstić information content (AvgIpc) is 3.35. The van der Waals surface area contributed by atoms with Crippen LogP contribution < -0.4 is 9.80 Å². The number of hydrogen-bond acceptors (Lipinski definition) is 6. The quantitative estimate of drug-likeness (QED) is 0.576. The van der Waals surface area contributed by atoms with Gasteiger partial charge in [0.1, 0.15) is 5.76 Å². The van der Waals surface area contributed by atoms with Gasteiger partial charge >= 0.3 is 0 Å². The second kappa shape index (κ2) is 7.88. The fourth-order valence-electron chi connectivity index (χ4n) is 4.45. The van der Waals surface area contributed by atoms with Crippen LogP contribution in [0.15, 0.2) is 47.0 Å². The van der Waals surface area contributed by atoms with Gasteiger partial charge in [-0.1, -0.05) is 17.3 Å². The maximum atomic E-state index is 13.2. The Labute approximate surface area is 191 Å². The number of carbonyl (C=O) groups is 3. The van der Waals surface area contributed by atoms with Crippen molar-refractivity contribution in [3.63, 3.8) is 0 Å². The van der Waals surface area contributed by atoms with Crippen molar-refractivity contribution in [3.8, 4) is 0 Å². The zero-order valence-electron chi connectivity index (χ0n) is 18.8. The van der Waals surface area contributed by atoms with Gasteiger partial charge in [-0.05, 0) is 56.2 Å². The summed E-state index contributed by atoms with van der Waals surface area (Å²) in [7, 11) is 0. The molecule has 8 heteroatoms. The largest absolute Gasteiger partial charge is 0.368 e. The lowest BCUT2D eigenvalue weighted by Gasteiger charge is -2.37. The van der Waals surface area contributed by atoms with E-state index < -0.39 is 11.8 Å². The molecule has 1 saturated heterocycles. The van der Waals surface area contributed by atoms with Crippen molar-refractivity contribution in [1.29, 1.82) is 0 Å². The number of amides is 3. The Kier molecular flexibility index (Phi) is 5.00. The third-order valence-electron chi connectivity index (χ3n) is 6.46. The van der Waals surface area contributed by atoms with E-state index in [0.717, 1.165) is 18.0 Å². The maximum absolute atomic E-state index is 13.2. The smallest absolute Gasteiger partial charge is 0.267 e. The molecule has 0 aliphatic carbocycles. The monoisotopic (exact) mass is 444 g/mol. The number of fused-ring (bicyclic) bond motifs is 1. The summed E-state index contributed by atoms with van der Waals surface area (Å²) < 4.78 is 5.01. The Bertz CT molecular complexity index is 1290. The van der Waals surface area contributed by atoms with Gasteiger partial charge in [-0.2, -0.15) is 0 Å². The highest BCUT2D eigenvalue weighted by atomic mass is 16.5. The number of benzene rings is 2. The van der Waals surface area contributed by atoms with Crippen LogP contribution in [0.5, 0.6) is 0 Å². The number of nitrogens with zero attached hydrogens (tertiary/aromatic N) is 4. The third kappa shape index (κ3) is 3.47. The molecule has 0 unspecified atom stereocenters. The molecule has 168 valence electrons. The van der Waals surface area contributed by atoms with Crippen LogP contribution in [0, 0.1) is 20.8 Å². The lowest BCUT2D eigenvalue weighted by molar-refractivity contribution is 0.0746. The molecule has 3 heterocycles. The number of aromatic nitrogens is 1. The molecule has 0 N–H and O–H groups in total. The van der Waals surface area contributed by atoms with Crippen molar-refractivity contribution >= 4 is 29.2 Å². The predicted octanol–water partition coefficient (Wildman–Crippen LogP) is 3.36. The highest BCUT2D eigenvalue weighted by molar-refractivity contribution is 6.34. The van der Waals surface area contributed by atoms with E-state index in [0.29, 0.717) is 24.4 Å². The summed E-state index contributed by atoms with van der Waals surface area (Å²) in [4.78, 5) is 43.9. The molecule has 33 heavy (non-hydrogen) atoms. The van der Waals surface area contributed by atoms with Crippen LogP contribution in [0.1, 0.15) is 48.0 Å². The van der Waals surface area contributed by atoms with E-state index in [1.54, 1.807) is 24.0 Å². The molecule has 0 bridgehead atoms. The van der Waals surface area contributed by atoms with Crippen LogP contribution in [0.2, 0.25) is 0 Å². The van der Waals surface area contributed by atoms with Crippen molar-refractivity contribution in [3.05, 3.63) is 76.0 Å². The minimum atomic E-state index is -0.502. The van der Waals surface area contributed by atoms with Crippen molar-refractivity contribution < 1.29 is 18.9 Å². The molecule has 2 aliphatic rings. The summed E-state index contributed by atoms with van der Waals surface area (Å²) in [5.41, 5.74) is 4.57. The second-order valence-electron chi connectivity index (χ2n) is 8.50. The zero-order chi connectivity index (χ0) is 23.3. The van der Waals surface area contributed by atoms with Gasteiger partial charge in [-0.15, -0.1) is 0 Å². The lowest BCUT2D eigenvalue weighted by atomic mass is 10.0. The van der Waals surface area contributed by atoms with Crippen LogP contribution >= 0.6 is 0 Å². The van der Waals surface area contributed by atoms with Gasteiger partial charge < -0.3 is 14.3 Å². The molecule has 2 aliphatic heterocycles. The van der Waals surface area contributed by atoms with Crippen LogP contribution in [0.3, 0.4) is 0 Å². The van der Waals surface area contributed by atoms with Gasteiger partial charge in [-0.25, -0.2) is 4.90 Å². The molecule has 0 atom stereocenters. The summed E-state index contributed by atoms with van der Waals surface area (Å²) in [5.74, 6) is -0.469. The molecule has 8 nitrogen and oxygen atoms in total. The molecule has 1 fully saturated rings. The number of aryl methyl sites for hydroxylation is 2. The summed E-state index contributed by atoms with van der Waals surface area (Å²) in [6.07, 6.45) is 0. The fraction of sp³-hybridized carbons (Fsp3) is 0.280. The summed E-state index contributed by atoms with van der Waals surface area (Å²) >= 11 is 0. The van der Waals surface area contributed by atoms with Gasteiger partial charge in [0.25, 0.3) is 17.7 Å². The van der Waals surface area contributed by atoms with E-state index in [-0.39, 0.29) is 22.9 Å². The minimum absolute atomic E-state index is 0.144. The first kappa shape index (κ1) is 20.9. The minimum Gasteiger partial charge on any atom is -0.368 e. The van der Waals surface area contributed by atoms with Crippen molar-refractivity contribution in [2.24, 2.45) is 0 Å². The molecule has 3 amide bonds. The SMILES string of the molecule is Cc1cc(N2C(=O)c3ccc(C(=O)N4CCN(c5cccc(C)c5C)CC4)cc3C2=O)no1. The highest BCUT2D eigenvalue weighted by Gasteiger charge is 2.39. The van der Waals surface area contributed by atoms with Crippen molar-refractivity contribution in [1.82, 2.24) is 10.1 Å². The number of piperazine rings is 1. The first-order valence-electron chi connectivity index (χ1n) is 10.9. The summed E-state index contributed by atoms with van der Waals surface area (Å²) in [6, 6.07) is 12.5. The first-order chi connectivity index (χ1) is 15.8. The molecule has 5 rings (SSSR count). The summed E-state index contributed by atoms with van der Waals surface area (Å²) in [6.45, 7) is 8.54. The Balaban J connectivity index is 1.32. The molecule has 1 aromatic heterocycles. The van der Waals surface area contributed by atoms with Crippen LogP contribution in [-0.2, 0) is 0 Å². The van der Waals surface area contributed by atoms with Crippen molar-refractivity contribution in [2.45, 2.75) is 20.8 Å². The molecule has 0 spiro atoms. The van der Waals surface area contributed by atoms with E-state index in [1.807, 2.05) is 0 Å². The fourth-order valence-corrected chi connectivity index (χ4v) is 4.45. The molecule has 3 aromatic rings. The van der Waals surface area contributed by atoms with Gasteiger partial charge in [0, 0.05) is 43.5 Å². The van der Waals surface area contributed by atoms with Gasteiger partial charge in [0.15, 0.2) is 5.82 Å². The Morgan fingerprint density at radius 2 is 1.64 bits per heavy atom. The number of rotatable bonds is 3. The normalized spacial score (nSPS) is 15.9. The number of carbonyl (C=O) groups excluding carboxylic acids is 3. The topological polar surface area (TPSA) is 87.0 Å². The number of anilines is 2. The Morgan fingerprint density at radius 3 is 2.33 bits per heavy atom. The average molecular weight is 444 g/mol. The van der Waals surface area contributed by atoms with E-state index in [2.05, 4.69) is 42.1 Å². The second-order valence-corrected chi connectivity index (χ2v) is 8.50. The van der Waals surface area contributed by atoms with E-state index in [4.69, 9.17) is 4.52 Å². The Hall–Kier alpha value is -3.94. The van der Waals surface area contributed by atoms with E-state index in [9.17, 15) is 14.4 Å². The zero-order valence-corrected chi connectivity index (χ0v) is 18.8. The van der Waals surface area contributed by atoms with E-state index in [1.165, 1.54) is 28.9 Å². The first-order valence-corrected chi connectivity index (χ1v) is 10.9. The standard InChI is InChI=1S/C25H24N4O4/c1-15-5-4-6-21(17(15)3)27-9-11-28(12-10-27)23(30)18-7-8-19-20(14-18)25(32)29(24(19)31)22-13-16(2)33-26-22/h4-8,13-14H,9-12H2,1-3H3. The molecule has 2 aromatic carbocycles. The van der Waals surface area contributed by atoms with Gasteiger partial charge in [0.2, 0.25) is 0 Å². The van der Waals surface area contributed by atoms with E-state index >= 15 is 0 Å². The lowest BCUT2D eigenvalue weighted by Crippen LogP contribution is -2.49. The molecular weight excluding hydrogens is 420 g/mol. The molecule has 0 saturated carbocycles. The highest BCUT2D eigenvalue weighted by Crippen LogP contribution is 2.29. The maximum Gasteiger partial charge on any atom is 0.267 e. The van der Waals surface area contributed by atoms with Crippen LogP contribution in [0.4, 0.5) is 11.5 Å². The summed E-state index contributed by atoms with van der Waals surface area (Å²) in [5, 5.41) is 3.79. The molecular formula is C25H24N4O4. The molecule has 0 radical (unpaired) electrons. The Morgan fingerprint density at radius 1 is 0.909 bits per heavy atom. The van der Waals surface area contributed by atoms with Gasteiger partial charge in [0.05, 0.1) is 11.1 Å². The van der Waals surface area contributed by atoms with Crippen molar-refractivity contribution in [2.75, 3.05) is 36.0 Å². The van der Waals surface area contributed by atoms with Crippen LogP contribution in [0.25, 0.3) is 0 Å².